The molecule has 0 saturated carbocycles. The van der Waals surface area contributed by atoms with Crippen LogP contribution in [-0.4, -0.2) is 0 Å². The summed E-state index contributed by atoms with van der Waals surface area (Å²) >= 11 is 11.6. The Hall–Kier alpha value is -0.690. The van der Waals surface area contributed by atoms with Gasteiger partial charge in [-0.15, -0.1) is 0 Å². The van der Waals surface area contributed by atoms with Crippen LogP contribution in [0.3, 0.4) is 0 Å². The van der Waals surface area contributed by atoms with E-state index in [4.69, 9.17) is 23.2 Å². The minimum absolute atomic E-state index is 0.751. The topological polar surface area (TPSA) is 0 Å². The summed E-state index contributed by atoms with van der Waals surface area (Å²) in [6, 6.07) is 15.4. The lowest BCUT2D eigenvalue weighted by molar-refractivity contribution is -0.535. The Labute approximate surface area is 103 Å². The predicted octanol–water partition coefficient (Wildman–Crippen LogP) is 4.61. The van der Waals surface area contributed by atoms with E-state index in [1.54, 1.807) is 0 Å². The summed E-state index contributed by atoms with van der Waals surface area (Å²) in [6.45, 7) is 0. The van der Waals surface area contributed by atoms with E-state index in [1.807, 2.05) is 48.5 Å². The maximum Gasteiger partial charge on any atom is 0.235 e. The molecule has 0 atom stereocenters. The van der Waals surface area contributed by atoms with Gasteiger partial charge in [0.05, 0.1) is 0 Å². The minimum Gasteiger partial charge on any atom is -0.0843 e. The fraction of sp³-hybridized carbons (Fsp3) is 0. The number of rotatable bonds is 2. The number of halogens is 3. The van der Waals surface area contributed by atoms with Crippen LogP contribution < -0.4 is 0 Å². The molecule has 0 aromatic heterocycles. The van der Waals surface area contributed by atoms with E-state index in [1.165, 1.54) is 0 Å². The number of hydrogen-bond donors (Lipinski definition) is 0. The van der Waals surface area contributed by atoms with Crippen molar-refractivity contribution in [1.82, 2.24) is 0 Å². The highest BCUT2D eigenvalue weighted by Crippen LogP contribution is 2.19. The van der Waals surface area contributed by atoms with Gasteiger partial charge in [0, 0.05) is 34.3 Å². The van der Waals surface area contributed by atoms with Gasteiger partial charge in [0.25, 0.3) is 0 Å². The first-order valence-corrected chi connectivity index (χ1v) is 5.91. The Bertz CT molecular complexity index is 388. The van der Waals surface area contributed by atoms with Crippen LogP contribution in [-0.2, 0) is 0 Å². The third-order valence-corrected chi connectivity index (χ3v) is 3.27. The van der Waals surface area contributed by atoms with Crippen molar-refractivity contribution in [3.05, 3.63) is 68.6 Å². The molecule has 0 aliphatic rings. The molecule has 0 bridgehead atoms. The van der Waals surface area contributed by atoms with Crippen LogP contribution in [0.5, 0.6) is 0 Å². The molecule has 0 aliphatic carbocycles. The van der Waals surface area contributed by atoms with Crippen LogP contribution in [0.25, 0.3) is 0 Å². The van der Waals surface area contributed by atoms with Crippen molar-refractivity contribution in [1.29, 1.82) is 0 Å². The van der Waals surface area contributed by atoms with E-state index in [-0.39, 0.29) is 0 Å². The smallest absolute Gasteiger partial charge is 0.0843 e. The fourth-order valence-corrected chi connectivity index (χ4v) is 2.12. The summed E-state index contributed by atoms with van der Waals surface area (Å²) in [4.78, 5) is 0. The monoisotopic (exact) mass is 257 g/mol. The Kier molecular flexibility index (Phi) is 3.53. The molecular formula is C12H8Cl3+. The quantitative estimate of drug-likeness (QED) is 0.738. The van der Waals surface area contributed by atoms with Gasteiger partial charge in [-0.05, 0) is 24.3 Å². The Morgan fingerprint density at radius 3 is 1.27 bits per heavy atom. The molecule has 15 heavy (non-hydrogen) atoms. The molecule has 0 heterocycles. The maximum absolute atomic E-state index is 5.80. The molecule has 2 aromatic carbocycles. The van der Waals surface area contributed by atoms with Gasteiger partial charge in [-0.25, -0.2) is 0 Å². The molecule has 0 spiro atoms. The zero-order chi connectivity index (χ0) is 10.7. The average molecular weight is 259 g/mol. The largest absolute Gasteiger partial charge is 0.235 e. The molecule has 0 nitrogen and oxygen atoms in total. The third-order valence-electron chi connectivity index (χ3n) is 1.83. The van der Waals surface area contributed by atoms with E-state index in [2.05, 4.69) is 10.8 Å². The van der Waals surface area contributed by atoms with E-state index in [9.17, 15) is 0 Å². The van der Waals surface area contributed by atoms with Crippen LogP contribution >= 0.6 is 23.2 Å². The van der Waals surface area contributed by atoms with Gasteiger partial charge >= 0.3 is 0 Å². The fourth-order valence-electron chi connectivity index (χ4n) is 1.11. The molecule has 0 aliphatic heterocycles. The lowest BCUT2D eigenvalue weighted by Crippen LogP contribution is -1.81. The zero-order valence-corrected chi connectivity index (χ0v) is 10.0. The summed E-state index contributed by atoms with van der Waals surface area (Å²) in [5.74, 6) is 0. The van der Waals surface area contributed by atoms with Gasteiger partial charge in [0.15, 0.2) is 0 Å². The van der Waals surface area contributed by atoms with E-state index < -0.39 is 0 Å². The van der Waals surface area contributed by atoms with Crippen molar-refractivity contribution in [2.75, 3.05) is 0 Å². The van der Waals surface area contributed by atoms with E-state index in [0.29, 0.717) is 0 Å². The van der Waals surface area contributed by atoms with Crippen LogP contribution in [0.15, 0.2) is 48.5 Å². The highest BCUT2D eigenvalue weighted by atomic mass is 35.5. The second-order valence-electron chi connectivity index (χ2n) is 2.97. The summed E-state index contributed by atoms with van der Waals surface area (Å²) in [5, 5.41) is 3.73. The molecule has 0 saturated heterocycles. The maximum atomic E-state index is 5.80. The molecule has 0 N–H and O–H groups in total. The predicted molar refractivity (Wildman–Crippen MR) is 61.2 cm³/mol. The Balaban J connectivity index is 2.15. The first-order valence-electron chi connectivity index (χ1n) is 4.40. The average Bonchev–Trinajstić information content (AvgIpc) is 2.25. The van der Waals surface area contributed by atoms with Gasteiger partial charge in [-0.1, -0.05) is 23.2 Å². The zero-order valence-electron chi connectivity index (χ0n) is 7.75. The van der Waals surface area contributed by atoms with E-state index >= 15 is 0 Å². The van der Waals surface area contributed by atoms with Crippen LogP contribution in [0, 0.1) is 10.8 Å². The minimum atomic E-state index is 0.751. The molecule has 0 unspecified atom stereocenters. The summed E-state index contributed by atoms with van der Waals surface area (Å²) in [7, 11) is 2.21. The Morgan fingerprint density at radius 2 is 0.933 bits per heavy atom. The lowest BCUT2D eigenvalue weighted by Gasteiger charge is -1.89. The molecule has 0 amide bonds. The second kappa shape index (κ2) is 4.89. The standard InChI is InChI=1S/C12H8Cl3/c13-9-1-5-11(6-2-9)15-12-7-3-10(14)4-8-12/h1-8H/q+1. The molecule has 2 aromatic rings. The SMILES string of the molecule is Clc1ccc([Cl+]c2ccc(Cl)cc2)cc1. The second-order valence-corrected chi connectivity index (χ2v) is 4.90. The van der Waals surface area contributed by atoms with Crippen LogP contribution in [0.2, 0.25) is 20.1 Å². The number of hydrogen-bond acceptors (Lipinski definition) is 0. The normalized spacial score (nSPS) is 10.3. The molecule has 0 fully saturated rings. The Morgan fingerprint density at radius 1 is 0.600 bits per heavy atom. The van der Waals surface area contributed by atoms with E-state index in [0.717, 1.165) is 20.1 Å². The van der Waals surface area contributed by atoms with Gasteiger partial charge in [-0.3, -0.25) is 0 Å². The molecule has 3 heteroatoms. The summed E-state index contributed by atoms with van der Waals surface area (Å²) in [6.07, 6.45) is 0. The number of benzene rings is 2. The summed E-state index contributed by atoms with van der Waals surface area (Å²) < 4.78 is 0. The summed E-state index contributed by atoms with van der Waals surface area (Å²) in [5.41, 5.74) is 0. The van der Waals surface area contributed by atoms with Crippen molar-refractivity contribution in [2.45, 2.75) is 0 Å². The lowest BCUT2D eigenvalue weighted by atomic mass is 10.4. The van der Waals surface area contributed by atoms with Gasteiger partial charge in [0.1, 0.15) is 0 Å². The van der Waals surface area contributed by atoms with Crippen molar-refractivity contribution in [3.8, 4) is 0 Å². The highest BCUT2D eigenvalue weighted by Gasteiger charge is 2.12. The molecular weight excluding hydrogens is 250 g/mol. The first kappa shape index (κ1) is 10.8. The van der Waals surface area contributed by atoms with Crippen molar-refractivity contribution < 1.29 is 10.8 Å². The van der Waals surface area contributed by atoms with Crippen LogP contribution in [0.1, 0.15) is 0 Å². The van der Waals surface area contributed by atoms with Gasteiger partial charge in [0.2, 0.25) is 20.8 Å². The molecule has 0 radical (unpaired) electrons. The third kappa shape index (κ3) is 3.13. The van der Waals surface area contributed by atoms with Gasteiger partial charge < -0.3 is 0 Å². The van der Waals surface area contributed by atoms with Gasteiger partial charge in [-0.2, -0.15) is 0 Å². The van der Waals surface area contributed by atoms with Crippen molar-refractivity contribution in [2.24, 2.45) is 0 Å². The highest BCUT2D eigenvalue weighted by molar-refractivity contribution is 6.30. The van der Waals surface area contributed by atoms with Crippen LogP contribution in [0.4, 0.5) is 0 Å². The first-order chi connectivity index (χ1) is 7.24. The van der Waals surface area contributed by atoms with Crippen molar-refractivity contribution >= 4 is 23.2 Å². The molecule has 2 rings (SSSR count). The van der Waals surface area contributed by atoms with Crippen molar-refractivity contribution in [3.63, 3.8) is 0 Å². The molecule has 76 valence electrons.